The molecule has 0 N–H and O–H groups in total. The van der Waals surface area contributed by atoms with Crippen molar-refractivity contribution in [3.63, 3.8) is 0 Å². The Balaban J connectivity index is 2.24. The number of terminal acetylenes is 1. The highest BCUT2D eigenvalue weighted by Gasteiger charge is 2.26. The third-order valence-corrected chi connectivity index (χ3v) is 2.49. The Bertz CT molecular complexity index is 351. The largest absolute Gasteiger partial charge is 0.389 e. The van der Waals surface area contributed by atoms with Gasteiger partial charge in [0.05, 0.1) is 24.1 Å². The molecule has 0 fully saturated rings. The maximum Gasteiger partial charge on any atom is 0.389 e. The third-order valence-electron chi connectivity index (χ3n) is 1.55. The molecule has 0 saturated carbocycles. The molecule has 82 valence electrons. The molecule has 1 heterocycles. The molecule has 2 nitrogen and oxygen atoms in total. The Morgan fingerprint density at radius 1 is 1.53 bits per heavy atom. The van der Waals surface area contributed by atoms with E-state index >= 15 is 0 Å². The van der Waals surface area contributed by atoms with Crippen molar-refractivity contribution in [1.29, 1.82) is 0 Å². The highest BCUT2D eigenvalue weighted by Crippen LogP contribution is 2.22. The van der Waals surface area contributed by atoms with Gasteiger partial charge in [0.2, 0.25) is 0 Å². The molecule has 0 spiro atoms. The average Bonchev–Trinajstić information content (AvgIpc) is 2.59. The van der Waals surface area contributed by atoms with E-state index in [0.29, 0.717) is 11.4 Å². The van der Waals surface area contributed by atoms with Gasteiger partial charge in [0, 0.05) is 11.9 Å². The molecule has 15 heavy (non-hydrogen) atoms. The van der Waals surface area contributed by atoms with Crippen molar-refractivity contribution in [3.05, 3.63) is 18.0 Å². The molecular formula is C9H9F3N2S. The number of aromatic nitrogens is 2. The first-order chi connectivity index (χ1) is 7.01. The number of thioether (sulfide) groups is 1. The summed E-state index contributed by atoms with van der Waals surface area (Å²) in [6.45, 7) is 0. The Labute approximate surface area is 89.8 Å². The zero-order chi connectivity index (χ0) is 11.3. The van der Waals surface area contributed by atoms with E-state index in [1.807, 2.05) is 0 Å². The van der Waals surface area contributed by atoms with Crippen molar-refractivity contribution in [3.8, 4) is 12.3 Å². The maximum absolute atomic E-state index is 11.8. The van der Waals surface area contributed by atoms with Crippen molar-refractivity contribution in [2.45, 2.75) is 18.5 Å². The van der Waals surface area contributed by atoms with Crippen molar-refractivity contribution >= 4 is 11.8 Å². The maximum atomic E-state index is 11.8. The Hall–Kier alpha value is -1.09. The molecule has 0 aromatic carbocycles. The minimum absolute atomic E-state index is 0.0365. The molecular weight excluding hydrogens is 225 g/mol. The molecule has 0 saturated heterocycles. The van der Waals surface area contributed by atoms with Crippen LogP contribution in [0.5, 0.6) is 0 Å². The van der Waals surface area contributed by atoms with Crippen LogP contribution in [0.25, 0.3) is 0 Å². The normalized spacial score (nSPS) is 11.3. The summed E-state index contributed by atoms with van der Waals surface area (Å²) in [6, 6.07) is 0. The highest BCUT2D eigenvalue weighted by molar-refractivity contribution is 7.98. The second-order valence-corrected chi connectivity index (χ2v) is 3.89. The van der Waals surface area contributed by atoms with Crippen LogP contribution in [-0.2, 0) is 5.88 Å². The fourth-order valence-electron chi connectivity index (χ4n) is 0.855. The molecule has 1 aromatic heterocycles. The first-order valence-corrected chi connectivity index (χ1v) is 5.30. The fraction of sp³-hybridized carbons (Fsp3) is 0.444. The quantitative estimate of drug-likeness (QED) is 0.588. The fourth-order valence-corrected chi connectivity index (χ4v) is 1.69. The molecule has 0 atom stereocenters. The van der Waals surface area contributed by atoms with Crippen LogP contribution in [0.15, 0.2) is 12.4 Å². The zero-order valence-corrected chi connectivity index (χ0v) is 8.61. The van der Waals surface area contributed by atoms with E-state index < -0.39 is 12.6 Å². The lowest BCUT2D eigenvalue weighted by Gasteiger charge is -2.05. The number of halogens is 3. The van der Waals surface area contributed by atoms with Gasteiger partial charge in [0.15, 0.2) is 0 Å². The summed E-state index contributed by atoms with van der Waals surface area (Å²) in [5, 5.41) is 3.89. The standard InChI is InChI=1S/C9H9F3N2S/c1-2-8-5-13-14(6-8)7-15-4-3-9(10,11)12/h1,5-6H,3-4,7H2. The van der Waals surface area contributed by atoms with Crippen molar-refractivity contribution in [1.82, 2.24) is 9.78 Å². The van der Waals surface area contributed by atoms with Crippen LogP contribution in [0, 0.1) is 12.3 Å². The summed E-state index contributed by atoms with van der Waals surface area (Å²) in [6.07, 6.45) is 3.39. The Morgan fingerprint density at radius 2 is 2.27 bits per heavy atom. The van der Waals surface area contributed by atoms with Gasteiger partial charge in [0.1, 0.15) is 0 Å². The van der Waals surface area contributed by atoms with Gasteiger partial charge in [0.25, 0.3) is 0 Å². The molecule has 0 aliphatic rings. The lowest BCUT2D eigenvalue weighted by molar-refractivity contribution is -0.129. The smallest absolute Gasteiger partial charge is 0.261 e. The summed E-state index contributed by atoms with van der Waals surface area (Å²) in [5.74, 6) is 2.81. The number of alkyl halides is 3. The minimum Gasteiger partial charge on any atom is -0.261 e. The molecule has 1 rings (SSSR count). The second kappa shape index (κ2) is 5.12. The van der Waals surface area contributed by atoms with Gasteiger partial charge in [-0.25, -0.2) is 0 Å². The van der Waals surface area contributed by atoms with E-state index in [0.717, 1.165) is 0 Å². The number of nitrogens with zero attached hydrogens (tertiary/aromatic N) is 2. The number of rotatable bonds is 4. The summed E-state index contributed by atoms with van der Waals surface area (Å²) in [7, 11) is 0. The predicted octanol–water partition coefficient (Wildman–Crippen LogP) is 2.51. The van der Waals surface area contributed by atoms with Crippen LogP contribution in [0.3, 0.4) is 0 Å². The lowest BCUT2D eigenvalue weighted by atomic mass is 10.4. The van der Waals surface area contributed by atoms with E-state index in [9.17, 15) is 13.2 Å². The average molecular weight is 234 g/mol. The Morgan fingerprint density at radius 3 is 2.80 bits per heavy atom. The van der Waals surface area contributed by atoms with Gasteiger partial charge >= 0.3 is 6.18 Å². The minimum atomic E-state index is -4.08. The zero-order valence-electron chi connectivity index (χ0n) is 7.79. The van der Waals surface area contributed by atoms with Crippen molar-refractivity contribution < 1.29 is 13.2 Å². The SMILES string of the molecule is C#Cc1cnn(CSCCC(F)(F)F)c1. The van der Waals surface area contributed by atoms with Crippen LogP contribution in [0.1, 0.15) is 12.0 Å². The van der Waals surface area contributed by atoms with E-state index in [2.05, 4.69) is 11.0 Å². The molecule has 0 radical (unpaired) electrons. The van der Waals surface area contributed by atoms with E-state index in [1.165, 1.54) is 22.6 Å². The molecule has 0 aliphatic heterocycles. The molecule has 0 unspecified atom stereocenters. The molecule has 0 aliphatic carbocycles. The summed E-state index contributed by atoms with van der Waals surface area (Å²) >= 11 is 1.17. The highest BCUT2D eigenvalue weighted by atomic mass is 32.2. The van der Waals surface area contributed by atoms with Crippen LogP contribution in [0.4, 0.5) is 13.2 Å². The van der Waals surface area contributed by atoms with Gasteiger partial charge in [-0.3, -0.25) is 4.68 Å². The van der Waals surface area contributed by atoms with Crippen LogP contribution < -0.4 is 0 Å². The van der Waals surface area contributed by atoms with Crippen molar-refractivity contribution in [2.75, 3.05) is 5.75 Å². The summed E-state index contributed by atoms with van der Waals surface area (Å²) < 4.78 is 36.9. The molecule has 1 aromatic rings. The van der Waals surface area contributed by atoms with E-state index in [-0.39, 0.29) is 5.75 Å². The Kier molecular flexibility index (Phi) is 4.09. The molecule has 0 amide bonds. The van der Waals surface area contributed by atoms with Gasteiger partial charge in [-0.1, -0.05) is 5.92 Å². The molecule has 0 bridgehead atoms. The summed E-state index contributed by atoms with van der Waals surface area (Å²) in [5.41, 5.74) is 0.631. The van der Waals surface area contributed by atoms with Gasteiger partial charge in [-0.2, -0.15) is 18.3 Å². The summed E-state index contributed by atoms with van der Waals surface area (Å²) in [4.78, 5) is 0. The predicted molar refractivity (Wildman–Crippen MR) is 53.3 cm³/mol. The molecule has 6 heteroatoms. The van der Waals surface area contributed by atoms with E-state index in [1.54, 1.807) is 6.20 Å². The lowest BCUT2D eigenvalue weighted by Crippen LogP contribution is -2.08. The van der Waals surface area contributed by atoms with Gasteiger partial charge in [-0.15, -0.1) is 18.2 Å². The topological polar surface area (TPSA) is 17.8 Å². The first-order valence-electron chi connectivity index (χ1n) is 4.15. The van der Waals surface area contributed by atoms with Gasteiger partial charge < -0.3 is 0 Å². The van der Waals surface area contributed by atoms with Gasteiger partial charge in [-0.05, 0) is 0 Å². The number of hydrogen-bond acceptors (Lipinski definition) is 2. The first kappa shape index (κ1) is 12.0. The van der Waals surface area contributed by atoms with Crippen LogP contribution in [0.2, 0.25) is 0 Å². The van der Waals surface area contributed by atoms with Crippen LogP contribution in [-0.4, -0.2) is 21.7 Å². The van der Waals surface area contributed by atoms with Crippen LogP contribution >= 0.6 is 11.8 Å². The van der Waals surface area contributed by atoms with E-state index in [4.69, 9.17) is 6.42 Å². The second-order valence-electron chi connectivity index (χ2n) is 2.82. The monoisotopic (exact) mass is 234 g/mol. The van der Waals surface area contributed by atoms with Crippen molar-refractivity contribution in [2.24, 2.45) is 0 Å². The number of hydrogen-bond donors (Lipinski definition) is 0. The third kappa shape index (κ3) is 4.79.